The maximum absolute atomic E-state index is 12.9. The smallest absolute Gasteiger partial charge is 0.257 e. The predicted octanol–water partition coefficient (Wildman–Crippen LogP) is 4.31. The minimum absolute atomic E-state index is 0.118. The normalized spacial score (nSPS) is 15.0. The molecule has 0 spiro atoms. The van der Waals surface area contributed by atoms with E-state index in [0.717, 1.165) is 18.8 Å². The van der Waals surface area contributed by atoms with Gasteiger partial charge in [0.25, 0.3) is 5.91 Å². The van der Waals surface area contributed by atoms with Crippen LogP contribution in [0.4, 0.5) is 5.69 Å². The van der Waals surface area contributed by atoms with Crippen LogP contribution in [0, 0.1) is 0 Å². The SMILES string of the molecule is CC(=O)/C(=C\c1cccc(Cl)c1Cl)C(=O)N1CCN(c2ccccc2)CC1. The zero-order chi connectivity index (χ0) is 19.4. The zero-order valence-electron chi connectivity index (χ0n) is 15.0. The number of anilines is 1. The Morgan fingerprint density at radius 2 is 1.59 bits per heavy atom. The van der Waals surface area contributed by atoms with E-state index >= 15 is 0 Å². The van der Waals surface area contributed by atoms with Crippen LogP contribution in [0.5, 0.6) is 0 Å². The summed E-state index contributed by atoms with van der Waals surface area (Å²) in [6.07, 6.45) is 1.53. The van der Waals surface area contributed by atoms with Gasteiger partial charge in [0.1, 0.15) is 0 Å². The van der Waals surface area contributed by atoms with Gasteiger partial charge in [-0.1, -0.05) is 53.5 Å². The Kier molecular flexibility index (Phi) is 6.19. The Morgan fingerprint density at radius 3 is 2.22 bits per heavy atom. The van der Waals surface area contributed by atoms with Gasteiger partial charge in [0.2, 0.25) is 0 Å². The van der Waals surface area contributed by atoms with Gasteiger partial charge < -0.3 is 9.80 Å². The van der Waals surface area contributed by atoms with E-state index in [2.05, 4.69) is 17.0 Å². The summed E-state index contributed by atoms with van der Waals surface area (Å²) in [5.74, 6) is -0.562. The van der Waals surface area contributed by atoms with Crippen molar-refractivity contribution >= 4 is 46.7 Å². The number of benzene rings is 2. The highest BCUT2D eigenvalue weighted by molar-refractivity contribution is 6.43. The summed E-state index contributed by atoms with van der Waals surface area (Å²) in [4.78, 5) is 29.0. The van der Waals surface area contributed by atoms with E-state index in [1.54, 1.807) is 23.1 Å². The minimum Gasteiger partial charge on any atom is -0.368 e. The van der Waals surface area contributed by atoms with E-state index in [9.17, 15) is 9.59 Å². The van der Waals surface area contributed by atoms with Gasteiger partial charge in [-0.3, -0.25) is 9.59 Å². The highest BCUT2D eigenvalue weighted by Gasteiger charge is 2.26. The highest BCUT2D eigenvalue weighted by atomic mass is 35.5. The van der Waals surface area contributed by atoms with Crippen molar-refractivity contribution in [3.63, 3.8) is 0 Å². The molecule has 1 heterocycles. The fourth-order valence-electron chi connectivity index (χ4n) is 3.08. The summed E-state index contributed by atoms with van der Waals surface area (Å²) in [6.45, 7) is 3.95. The predicted molar refractivity (Wildman–Crippen MR) is 110 cm³/mol. The molecule has 2 aromatic carbocycles. The summed E-state index contributed by atoms with van der Waals surface area (Å²) >= 11 is 12.2. The molecule has 3 rings (SSSR count). The molecule has 0 atom stereocenters. The fourth-order valence-corrected chi connectivity index (χ4v) is 3.44. The molecule has 1 aliphatic rings. The number of amides is 1. The Balaban J connectivity index is 1.76. The molecule has 0 radical (unpaired) electrons. The second kappa shape index (κ2) is 8.59. The number of carbonyl (C=O) groups excluding carboxylic acids is 2. The molecule has 1 fully saturated rings. The van der Waals surface area contributed by atoms with E-state index in [4.69, 9.17) is 23.2 Å². The van der Waals surface area contributed by atoms with Crippen LogP contribution in [-0.4, -0.2) is 42.8 Å². The number of halogens is 2. The summed E-state index contributed by atoms with van der Waals surface area (Å²) < 4.78 is 0. The van der Waals surface area contributed by atoms with Crippen molar-refractivity contribution < 1.29 is 9.59 Å². The number of nitrogens with zero attached hydrogens (tertiary/aromatic N) is 2. The lowest BCUT2D eigenvalue weighted by atomic mass is 10.1. The molecular weight excluding hydrogens is 383 g/mol. The Hall–Kier alpha value is -2.30. The van der Waals surface area contributed by atoms with Gasteiger partial charge in [-0.25, -0.2) is 0 Å². The third-order valence-electron chi connectivity index (χ3n) is 4.58. The van der Waals surface area contributed by atoms with E-state index in [1.807, 2.05) is 18.2 Å². The average Bonchev–Trinajstić information content (AvgIpc) is 2.69. The lowest BCUT2D eigenvalue weighted by Gasteiger charge is -2.36. The molecule has 1 saturated heterocycles. The molecule has 0 bridgehead atoms. The van der Waals surface area contributed by atoms with E-state index < -0.39 is 0 Å². The van der Waals surface area contributed by atoms with Crippen molar-refractivity contribution in [2.45, 2.75) is 6.92 Å². The van der Waals surface area contributed by atoms with Gasteiger partial charge in [-0.05, 0) is 36.8 Å². The molecule has 0 unspecified atom stereocenters. The Morgan fingerprint density at radius 1 is 0.926 bits per heavy atom. The van der Waals surface area contributed by atoms with E-state index in [-0.39, 0.29) is 17.3 Å². The zero-order valence-corrected chi connectivity index (χ0v) is 16.5. The van der Waals surface area contributed by atoms with Crippen LogP contribution in [0.1, 0.15) is 12.5 Å². The van der Waals surface area contributed by atoms with Crippen molar-refractivity contribution in [1.29, 1.82) is 0 Å². The number of Topliss-reactive ketones (excluding diaryl/α,β-unsaturated/α-hetero) is 1. The second-order valence-electron chi connectivity index (χ2n) is 6.37. The molecule has 0 aliphatic carbocycles. The summed E-state index contributed by atoms with van der Waals surface area (Å²) in [5.41, 5.74) is 1.82. The Labute approximate surface area is 169 Å². The van der Waals surface area contributed by atoms with Crippen molar-refractivity contribution in [2.24, 2.45) is 0 Å². The van der Waals surface area contributed by atoms with Crippen molar-refractivity contribution in [1.82, 2.24) is 4.90 Å². The minimum atomic E-state index is -0.290. The molecule has 0 aromatic heterocycles. The Bertz CT molecular complexity index is 873. The lowest BCUT2D eigenvalue weighted by Crippen LogP contribution is -2.49. The first-order valence-corrected chi connectivity index (χ1v) is 9.49. The molecule has 1 aliphatic heterocycles. The van der Waals surface area contributed by atoms with Gasteiger partial charge in [-0.2, -0.15) is 0 Å². The van der Waals surface area contributed by atoms with Crippen LogP contribution in [0.25, 0.3) is 6.08 Å². The third kappa shape index (κ3) is 4.52. The first kappa shape index (κ1) is 19.5. The molecule has 0 N–H and O–H groups in total. The number of ketones is 1. The van der Waals surface area contributed by atoms with E-state index in [0.29, 0.717) is 28.7 Å². The van der Waals surface area contributed by atoms with Crippen LogP contribution in [0.15, 0.2) is 54.1 Å². The van der Waals surface area contributed by atoms with Gasteiger partial charge in [-0.15, -0.1) is 0 Å². The fraction of sp³-hybridized carbons (Fsp3) is 0.238. The van der Waals surface area contributed by atoms with Gasteiger partial charge in [0.15, 0.2) is 5.78 Å². The molecular formula is C21H20Cl2N2O2. The van der Waals surface area contributed by atoms with Crippen LogP contribution >= 0.6 is 23.2 Å². The van der Waals surface area contributed by atoms with Crippen molar-refractivity contribution in [3.05, 3.63) is 69.7 Å². The number of rotatable bonds is 4. The van der Waals surface area contributed by atoms with Crippen molar-refractivity contribution in [3.8, 4) is 0 Å². The quantitative estimate of drug-likeness (QED) is 0.434. The van der Waals surface area contributed by atoms with Gasteiger partial charge >= 0.3 is 0 Å². The molecule has 0 saturated carbocycles. The third-order valence-corrected chi connectivity index (χ3v) is 5.41. The van der Waals surface area contributed by atoms with Crippen molar-refractivity contribution in [2.75, 3.05) is 31.1 Å². The van der Waals surface area contributed by atoms with Gasteiger partial charge in [0.05, 0.1) is 15.6 Å². The molecule has 1 amide bonds. The number of hydrogen-bond acceptors (Lipinski definition) is 3. The number of para-hydroxylation sites is 1. The first-order valence-electron chi connectivity index (χ1n) is 8.73. The van der Waals surface area contributed by atoms with Crippen LogP contribution < -0.4 is 4.90 Å². The molecule has 4 nitrogen and oxygen atoms in total. The lowest BCUT2D eigenvalue weighted by molar-refractivity contribution is -0.129. The largest absolute Gasteiger partial charge is 0.368 e. The summed E-state index contributed by atoms with van der Waals surface area (Å²) in [5, 5.41) is 0.719. The number of hydrogen-bond donors (Lipinski definition) is 0. The van der Waals surface area contributed by atoms with Crippen LogP contribution in [-0.2, 0) is 9.59 Å². The van der Waals surface area contributed by atoms with Crippen LogP contribution in [0.3, 0.4) is 0 Å². The van der Waals surface area contributed by atoms with E-state index in [1.165, 1.54) is 13.0 Å². The highest BCUT2D eigenvalue weighted by Crippen LogP contribution is 2.28. The maximum atomic E-state index is 12.9. The van der Waals surface area contributed by atoms with Gasteiger partial charge in [0, 0.05) is 31.9 Å². The second-order valence-corrected chi connectivity index (χ2v) is 7.16. The number of carbonyl (C=O) groups is 2. The first-order chi connectivity index (χ1) is 13.0. The van der Waals surface area contributed by atoms with Crippen LogP contribution in [0.2, 0.25) is 10.0 Å². The summed E-state index contributed by atoms with van der Waals surface area (Å²) in [6, 6.07) is 15.2. The monoisotopic (exact) mass is 402 g/mol. The molecule has 6 heteroatoms. The standard InChI is InChI=1S/C21H20Cl2N2O2/c1-15(26)18(14-16-6-5-9-19(22)20(16)23)21(27)25-12-10-24(11-13-25)17-7-3-2-4-8-17/h2-9,14H,10-13H2,1H3/b18-14+. The molecule has 2 aromatic rings. The maximum Gasteiger partial charge on any atom is 0.257 e. The summed E-state index contributed by atoms with van der Waals surface area (Å²) in [7, 11) is 0. The topological polar surface area (TPSA) is 40.6 Å². The number of piperazine rings is 1. The molecule has 27 heavy (non-hydrogen) atoms. The average molecular weight is 403 g/mol. The molecule has 140 valence electrons.